The number of rotatable bonds is 3. The van der Waals surface area contributed by atoms with Gasteiger partial charge in [0, 0.05) is 12.8 Å². The average molecular weight is 183 g/mol. The summed E-state index contributed by atoms with van der Waals surface area (Å²) in [6.07, 6.45) is 4.31. The van der Waals surface area contributed by atoms with Crippen molar-refractivity contribution in [2.75, 3.05) is 19.6 Å². The molecule has 0 aliphatic carbocycles. The number of carbonyl (C=O) groups excluding carboxylic acids is 1. The van der Waals surface area contributed by atoms with Crippen molar-refractivity contribution < 1.29 is 14.8 Å². The highest BCUT2D eigenvalue weighted by Crippen LogP contribution is 2.06. The second-order valence-corrected chi connectivity index (χ2v) is 3.62. The van der Waals surface area contributed by atoms with E-state index in [0.29, 0.717) is 0 Å². The van der Waals surface area contributed by atoms with Gasteiger partial charge in [0.2, 0.25) is 0 Å². The minimum Gasteiger partial charge on any atom is -0.545 e. The van der Waals surface area contributed by atoms with Gasteiger partial charge in [0.15, 0.2) is 0 Å². The number of likely N-dealkylation sites (tertiary alicyclic amines) is 1. The highest BCUT2D eigenvalue weighted by molar-refractivity contribution is 5.78. The zero-order valence-corrected chi connectivity index (χ0v) is 8.14. The predicted octanol–water partition coefficient (Wildman–Crippen LogP) is -1.25. The van der Waals surface area contributed by atoms with Crippen molar-refractivity contribution in [3.63, 3.8) is 0 Å². The number of aliphatic carboxylic acids is 1. The second-order valence-electron chi connectivity index (χ2n) is 3.62. The van der Waals surface area contributed by atoms with Gasteiger partial charge in [-0.1, -0.05) is 12.5 Å². The number of quaternary nitrogens is 1. The van der Waals surface area contributed by atoms with Crippen molar-refractivity contribution >= 4 is 5.97 Å². The molecule has 1 rings (SSSR count). The Hall–Kier alpha value is -0.830. The quantitative estimate of drug-likeness (QED) is 0.556. The van der Waals surface area contributed by atoms with Crippen LogP contribution in [0.5, 0.6) is 0 Å². The van der Waals surface area contributed by atoms with Crippen LogP contribution >= 0.6 is 0 Å². The van der Waals surface area contributed by atoms with E-state index in [9.17, 15) is 9.90 Å². The zero-order valence-electron chi connectivity index (χ0n) is 8.14. The zero-order chi connectivity index (χ0) is 9.68. The Morgan fingerprint density at radius 1 is 1.54 bits per heavy atom. The van der Waals surface area contributed by atoms with Crippen LogP contribution in [0.1, 0.15) is 26.2 Å². The number of hydrogen-bond acceptors (Lipinski definition) is 2. The summed E-state index contributed by atoms with van der Waals surface area (Å²) in [7, 11) is 0. The highest BCUT2D eigenvalue weighted by Gasteiger charge is 2.15. The minimum atomic E-state index is -1.05. The van der Waals surface area contributed by atoms with Gasteiger partial charge < -0.3 is 14.8 Å². The molecule has 1 aliphatic heterocycles. The molecule has 13 heavy (non-hydrogen) atoms. The molecule has 0 bridgehead atoms. The molecule has 0 atom stereocenters. The van der Waals surface area contributed by atoms with Gasteiger partial charge >= 0.3 is 0 Å². The molecule has 1 heterocycles. The molecule has 0 aromatic rings. The third-order valence-corrected chi connectivity index (χ3v) is 2.52. The van der Waals surface area contributed by atoms with Gasteiger partial charge in [0.25, 0.3) is 0 Å². The topological polar surface area (TPSA) is 44.6 Å². The maximum atomic E-state index is 10.3. The molecule has 0 saturated carbocycles. The Balaban J connectivity index is 2.34. The smallest absolute Gasteiger partial charge is 0.0808 e. The van der Waals surface area contributed by atoms with Crippen molar-refractivity contribution in [2.24, 2.45) is 0 Å². The fourth-order valence-electron chi connectivity index (χ4n) is 1.84. The van der Waals surface area contributed by atoms with Gasteiger partial charge in [-0.05, 0) is 12.5 Å². The maximum Gasteiger partial charge on any atom is 0.0808 e. The first kappa shape index (κ1) is 10.3. The lowest BCUT2D eigenvalue weighted by Crippen LogP contribution is -3.12. The van der Waals surface area contributed by atoms with Crippen molar-refractivity contribution in [1.29, 1.82) is 0 Å². The van der Waals surface area contributed by atoms with E-state index in [1.54, 1.807) is 4.90 Å². The van der Waals surface area contributed by atoms with Crippen molar-refractivity contribution in [3.05, 3.63) is 11.6 Å². The number of piperidine rings is 1. The average Bonchev–Trinajstić information content (AvgIpc) is 2.08. The minimum absolute atomic E-state index is 0.920. The summed E-state index contributed by atoms with van der Waals surface area (Å²) in [4.78, 5) is 11.9. The third kappa shape index (κ3) is 3.59. The Kier molecular flexibility index (Phi) is 3.96. The maximum absolute atomic E-state index is 10.3. The van der Waals surface area contributed by atoms with Gasteiger partial charge in [0.05, 0.1) is 25.6 Å². The summed E-state index contributed by atoms with van der Waals surface area (Å²) in [5.74, 6) is -1.05. The van der Waals surface area contributed by atoms with E-state index < -0.39 is 5.97 Å². The first-order valence-electron chi connectivity index (χ1n) is 4.96. The Labute approximate surface area is 79.0 Å². The highest BCUT2D eigenvalue weighted by atomic mass is 16.4. The molecule has 3 heteroatoms. The first-order chi connectivity index (χ1) is 6.22. The van der Waals surface area contributed by atoms with Crippen LogP contribution in [-0.2, 0) is 4.79 Å². The lowest BCUT2D eigenvalue weighted by atomic mass is 10.0. The summed E-state index contributed by atoms with van der Waals surface area (Å²) in [6.45, 7) is 5.54. The van der Waals surface area contributed by atoms with Gasteiger partial charge in [-0.2, -0.15) is 0 Å². The molecule has 0 radical (unpaired) electrons. The van der Waals surface area contributed by atoms with Gasteiger partial charge in [-0.3, -0.25) is 0 Å². The SMILES string of the molecule is CCC[NH+]1CCC(=CC(=O)[O-])CC1. The molecule has 0 aromatic heterocycles. The number of nitrogens with one attached hydrogen (secondary N) is 1. The van der Waals surface area contributed by atoms with Crippen LogP contribution in [0, 0.1) is 0 Å². The summed E-state index contributed by atoms with van der Waals surface area (Å²) >= 11 is 0. The van der Waals surface area contributed by atoms with E-state index in [0.717, 1.165) is 31.5 Å². The first-order valence-corrected chi connectivity index (χ1v) is 4.96. The molecule has 3 nitrogen and oxygen atoms in total. The number of carboxylic acid groups (broad SMARTS) is 1. The summed E-state index contributed by atoms with van der Waals surface area (Å²) < 4.78 is 0. The van der Waals surface area contributed by atoms with E-state index in [1.165, 1.54) is 19.0 Å². The number of carbonyl (C=O) groups is 1. The van der Waals surface area contributed by atoms with E-state index in [1.807, 2.05) is 0 Å². The van der Waals surface area contributed by atoms with Crippen molar-refractivity contribution in [3.8, 4) is 0 Å². The predicted molar refractivity (Wildman–Crippen MR) is 48.2 cm³/mol. The lowest BCUT2D eigenvalue weighted by molar-refractivity contribution is -0.902. The van der Waals surface area contributed by atoms with Crippen molar-refractivity contribution in [1.82, 2.24) is 0 Å². The summed E-state index contributed by atoms with van der Waals surface area (Å²) in [5, 5.41) is 10.3. The number of hydrogen-bond donors (Lipinski definition) is 1. The molecule has 1 N–H and O–H groups in total. The fourth-order valence-corrected chi connectivity index (χ4v) is 1.84. The van der Waals surface area contributed by atoms with Gasteiger partial charge in [-0.25, -0.2) is 0 Å². The molecule has 1 aliphatic rings. The van der Waals surface area contributed by atoms with Crippen LogP contribution in [-0.4, -0.2) is 25.6 Å². The van der Waals surface area contributed by atoms with E-state index in [-0.39, 0.29) is 0 Å². The molecule has 1 saturated heterocycles. The van der Waals surface area contributed by atoms with Crippen LogP contribution in [0.25, 0.3) is 0 Å². The molecule has 0 unspecified atom stereocenters. The van der Waals surface area contributed by atoms with Crippen LogP contribution in [0.2, 0.25) is 0 Å². The molecule has 1 fully saturated rings. The second kappa shape index (κ2) is 5.02. The van der Waals surface area contributed by atoms with Crippen LogP contribution in [0.3, 0.4) is 0 Å². The molecular weight excluding hydrogens is 166 g/mol. The molecule has 0 amide bonds. The standard InChI is InChI=1S/C10H17NO2/c1-2-5-11-6-3-9(4-7-11)8-10(12)13/h8H,2-7H2,1H3,(H,12,13). The summed E-state index contributed by atoms with van der Waals surface area (Å²) in [6, 6.07) is 0. The third-order valence-electron chi connectivity index (χ3n) is 2.52. The van der Waals surface area contributed by atoms with Gasteiger partial charge in [0.1, 0.15) is 0 Å². The molecule has 74 valence electrons. The molecule has 0 aromatic carbocycles. The van der Waals surface area contributed by atoms with Crippen molar-refractivity contribution in [2.45, 2.75) is 26.2 Å². The van der Waals surface area contributed by atoms with Crippen LogP contribution in [0.15, 0.2) is 11.6 Å². The monoisotopic (exact) mass is 183 g/mol. The number of carboxylic acids is 1. The normalized spacial score (nSPS) is 22.8. The van der Waals surface area contributed by atoms with Crippen LogP contribution < -0.4 is 10.0 Å². The lowest BCUT2D eigenvalue weighted by Gasteiger charge is -2.25. The Bertz CT molecular complexity index is 201. The van der Waals surface area contributed by atoms with E-state index in [2.05, 4.69) is 6.92 Å². The Morgan fingerprint density at radius 2 is 2.15 bits per heavy atom. The van der Waals surface area contributed by atoms with E-state index in [4.69, 9.17) is 0 Å². The largest absolute Gasteiger partial charge is 0.545 e. The van der Waals surface area contributed by atoms with E-state index >= 15 is 0 Å². The van der Waals surface area contributed by atoms with Gasteiger partial charge in [-0.15, -0.1) is 0 Å². The fraction of sp³-hybridized carbons (Fsp3) is 0.700. The molecule has 0 spiro atoms. The summed E-state index contributed by atoms with van der Waals surface area (Å²) in [5.41, 5.74) is 1.04. The van der Waals surface area contributed by atoms with Crippen LogP contribution in [0.4, 0.5) is 0 Å². The molecular formula is C10H17NO2. The Morgan fingerprint density at radius 3 is 2.62 bits per heavy atom.